The van der Waals surface area contributed by atoms with E-state index >= 15 is 0 Å². The second kappa shape index (κ2) is 8.61. The third-order valence-electron chi connectivity index (χ3n) is 3.73. The molecule has 1 aliphatic rings. The molecule has 7 heteroatoms. The van der Waals surface area contributed by atoms with Gasteiger partial charge in [0.05, 0.1) is 5.97 Å². The third kappa shape index (κ3) is 5.02. The van der Waals surface area contributed by atoms with Crippen LogP contribution in [0.3, 0.4) is 0 Å². The standard InChI is InChI=1S/C18H17NO5.Li/c20-17(21)16-8-6-13-10-14(7-9-15(13)24-16)19-18(22)23-11-12-4-2-1-3-5-12;/h1-5,7,9-10,16H,6,8,11H2,(H,19,22)(H,20,21);/q;+1/p-1. The third-order valence-corrected chi connectivity index (χ3v) is 3.73. The monoisotopic (exact) mass is 333 g/mol. The van der Waals surface area contributed by atoms with Crippen LogP contribution in [0.15, 0.2) is 48.5 Å². The number of ether oxygens (including phenoxy) is 2. The molecule has 0 bridgehead atoms. The van der Waals surface area contributed by atoms with Crippen LogP contribution in [0.5, 0.6) is 5.75 Å². The zero-order chi connectivity index (χ0) is 16.9. The minimum Gasteiger partial charge on any atom is -0.546 e. The summed E-state index contributed by atoms with van der Waals surface area (Å²) in [4.78, 5) is 22.7. The quantitative estimate of drug-likeness (QED) is 0.717. The summed E-state index contributed by atoms with van der Waals surface area (Å²) in [5.41, 5.74) is 2.32. The summed E-state index contributed by atoms with van der Waals surface area (Å²) >= 11 is 0. The number of carboxylic acid groups (broad SMARTS) is 1. The molecule has 2 aromatic rings. The van der Waals surface area contributed by atoms with Gasteiger partial charge in [0, 0.05) is 5.69 Å². The van der Waals surface area contributed by atoms with Crippen LogP contribution < -0.4 is 34.0 Å². The predicted octanol–water partition coefficient (Wildman–Crippen LogP) is -1.12. The van der Waals surface area contributed by atoms with Gasteiger partial charge in [0.25, 0.3) is 0 Å². The van der Waals surface area contributed by atoms with Gasteiger partial charge in [-0.1, -0.05) is 30.3 Å². The Kier molecular flexibility index (Phi) is 6.51. The molecular formula is C18H16LiNO5. The molecule has 25 heavy (non-hydrogen) atoms. The first-order chi connectivity index (χ1) is 11.6. The molecule has 124 valence electrons. The molecule has 6 nitrogen and oxygen atoms in total. The van der Waals surface area contributed by atoms with Gasteiger partial charge in [0.1, 0.15) is 18.5 Å². The Bertz CT molecular complexity index is 750. The van der Waals surface area contributed by atoms with Gasteiger partial charge < -0.3 is 19.4 Å². The molecule has 1 amide bonds. The van der Waals surface area contributed by atoms with Gasteiger partial charge in [-0.2, -0.15) is 0 Å². The molecule has 2 aromatic carbocycles. The number of amides is 1. The Hall–Kier alpha value is -2.42. The van der Waals surface area contributed by atoms with E-state index < -0.39 is 18.2 Å². The summed E-state index contributed by atoms with van der Waals surface area (Å²) in [6.45, 7) is 0.189. The van der Waals surface area contributed by atoms with Crippen LogP contribution in [0.2, 0.25) is 0 Å². The number of benzene rings is 2. The van der Waals surface area contributed by atoms with E-state index in [4.69, 9.17) is 9.47 Å². The van der Waals surface area contributed by atoms with Crippen molar-refractivity contribution in [1.82, 2.24) is 0 Å². The van der Waals surface area contributed by atoms with Crippen molar-refractivity contribution in [2.24, 2.45) is 0 Å². The molecule has 0 radical (unpaired) electrons. The molecule has 1 atom stereocenters. The normalized spacial score (nSPS) is 15.1. The van der Waals surface area contributed by atoms with Crippen molar-refractivity contribution >= 4 is 17.7 Å². The number of carbonyl (C=O) groups excluding carboxylic acids is 2. The molecule has 1 unspecified atom stereocenters. The molecule has 3 rings (SSSR count). The van der Waals surface area contributed by atoms with Crippen LogP contribution in [-0.2, 0) is 22.6 Å². The Morgan fingerprint density at radius 1 is 1.20 bits per heavy atom. The molecule has 0 saturated heterocycles. The molecule has 0 spiro atoms. The first-order valence-electron chi connectivity index (χ1n) is 7.60. The smallest absolute Gasteiger partial charge is 0.546 e. The maximum Gasteiger partial charge on any atom is 1.00 e. The Balaban J connectivity index is 0.00000225. The number of aryl methyl sites for hydroxylation is 1. The van der Waals surface area contributed by atoms with Crippen LogP contribution in [0.1, 0.15) is 17.5 Å². The number of carboxylic acids is 1. The van der Waals surface area contributed by atoms with Gasteiger partial charge in [0.15, 0.2) is 0 Å². The number of nitrogens with one attached hydrogen (secondary N) is 1. The molecule has 0 fully saturated rings. The number of aliphatic carboxylic acids is 1. The predicted molar refractivity (Wildman–Crippen MR) is 84.4 cm³/mol. The maximum absolute atomic E-state index is 11.8. The molecular weight excluding hydrogens is 317 g/mol. The van der Waals surface area contributed by atoms with Gasteiger partial charge in [-0.25, -0.2) is 4.79 Å². The summed E-state index contributed by atoms with van der Waals surface area (Å²) in [5, 5.41) is 13.5. The van der Waals surface area contributed by atoms with Crippen LogP contribution in [0.4, 0.5) is 10.5 Å². The number of hydrogen-bond donors (Lipinski definition) is 1. The van der Waals surface area contributed by atoms with E-state index in [2.05, 4.69) is 5.32 Å². The van der Waals surface area contributed by atoms with Crippen molar-refractivity contribution in [3.05, 3.63) is 59.7 Å². The topological polar surface area (TPSA) is 87.7 Å². The minimum absolute atomic E-state index is 0. The summed E-state index contributed by atoms with van der Waals surface area (Å²) in [6.07, 6.45) is -0.588. The van der Waals surface area contributed by atoms with E-state index in [1.54, 1.807) is 18.2 Å². The maximum atomic E-state index is 11.8. The number of rotatable bonds is 4. The van der Waals surface area contributed by atoms with Crippen LogP contribution in [0, 0.1) is 0 Å². The molecule has 0 saturated carbocycles. The second-order valence-electron chi connectivity index (χ2n) is 5.47. The second-order valence-corrected chi connectivity index (χ2v) is 5.47. The van der Waals surface area contributed by atoms with Crippen LogP contribution in [0.25, 0.3) is 0 Å². The van der Waals surface area contributed by atoms with Crippen molar-refractivity contribution in [2.45, 2.75) is 25.6 Å². The molecule has 0 aromatic heterocycles. The first-order valence-corrected chi connectivity index (χ1v) is 7.60. The van der Waals surface area contributed by atoms with Crippen molar-refractivity contribution in [3.8, 4) is 5.75 Å². The molecule has 1 aliphatic heterocycles. The first kappa shape index (κ1) is 18.9. The van der Waals surface area contributed by atoms with Gasteiger partial charge in [-0.3, -0.25) is 5.32 Å². The summed E-state index contributed by atoms with van der Waals surface area (Å²) in [7, 11) is 0. The fourth-order valence-corrected chi connectivity index (χ4v) is 2.51. The zero-order valence-electron chi connectivity index (χ0n) is 13.9. The van der Waals surface area contributed by atoms with Crippen molar-refractivity contribution < 1.29 is 43.0 Å². The average Bonchev–Trinajstić information content (AvgIpc) is 2.60. The van der Waals surface area contributed by atoms with E-state index in [9.17, 15) is 14.7 Å². The minimum atomic E-state index is -1.22. The Morgan fingerprint density at radius 3 is 2.68 bits per heavy atom. The number of anilines is 1. The average molecular weight is 333 g/mol. The number of hydrogen-bond acceptors (Lipinski definition) is 5. The fourth-order valence-electron chi connectivity index (χ4n) is 2.51. The van der Waals surface area contributed by atoms with Crippen molar-refractivity contribution in [2.75, 3.05) is 5.32 Å². The largest absolute Gasteiger partial charge is 1.00 e. The van der Waals surface area contributed by atoms with E-state index in [0.717, 1.165) is 11.1 Å². The number of fused-ring (bicyclic) bond motifs is 1. The van der Waals surface area contributed by atoms with Gasteiger partial charge in [0.2, 0.25) is 0 Å². The summed E-state index contributed by atoms with van der Waals surface area (Å²) < 4.78 is 10.5. The Labute approximate surface area is 157 Å². The van der Waals surface area contributed by atoms with Gasteiger partial charge >= 0.3 is 25.0 Å². The molecule has 1 N–H and O–H groups in total. The van der Waals surface area contributed by atoms with Crippen LogP contribution >= 0.6 is 0 Å². The SMILES string of the molecule is O=C(Nc1ccc2c(c1)CCC(C(=O)[O-])O2)OCc1ccccc1.[Li+]. The van der Waals surface area contributed by atoms with E-state index in [1.807, 2.05) is 30.3 Å². The van der Waals surface area contributed by atoms with E-state index in [1.165, 1.54) is 0 Å². The molecule has 0 aliphatic carbocycles. The van der Waals surface area contributed by atoms with E-state index in [-0.39, 0.29) is 25.5 Å². The van der Waals surface area contributed by atoms with Crippen molar-refractivity contribution in [1.29, 1.82) is 0 Å². The fraction of sp³-hybridized carbons (Fsp3) is 0.222. The van der Waals surface area contributed by atoms with Crippen molar-refractivity contribution in [3.63, 3.8) is 0 Å². The summed E-state index contributed by atoms with van der Waals surface area (Å²) in [6, 6.07) is 14.4. The summed E-state index contributed by atoms with van der Waals surface area (Å²) in [5.74, 6) is -0.717. The van der Waals surface area contributed by atoms with Crippen LogP contribution in [-0.4, -0.2) is 18.2 Å². The zero-order valence-corrected chi connectivity index (χ0v) is 13.9. The van der Waals surface area contributed by atoms with E-state index in [0.29, 0.717) is 24.3 Å². The molecule has 1 heterocycles. The number of carbonyl (C=O) groups is 2. The van der Waals surface area contributed by atoms with Gasteiger partial charge in [-0.15, -0.1) is 0 Å². The Morgan fingerprint density at radius 2 is 1.96 bits per heavy atom. The van der Waals surface area contributed by atoms with Gasteiger partial charge in [-0.05, 0) is 42.2 Å².